The van der Waals surface area contributed by atoms with Gasteiger partial charge < -0.3 is 25.5 Å². The number of hydrogen-bond donors (Lipinski definition) is 5. The van der Waals surface area contributed by atoms with Gasteiger partial charge in [0.25, 0.3) is 0 Å². The highest BCUT2D eigenvalue weighted by molar-refractivity contribution is 7.80. The molecule has 1 aromatic heterocycles. The molecule has 0 aliphatic rings. The van der Waals surface area contributed by atoms with Crippen LogP contribution >= 0.6 is 0 Å². The van der Waals surface area contributed by atoms with Gasteiger partial charge in [0.1, 0.15) is 23.9 Å². The van der Waals surface area contributed by atoms with E-state index in [0.717, 1.165) is 0 Å². The highest BCUT2D eigenvalue weighted by Gasteiger charge is 2.34. The summed E-state index contributed by atoms with van der Waals surface area (Å²) in [7, 11) is -4.87. The van der Waals surface area contributed by atoms with Crippen LogP contribution in [-0.4, -0.2) is 65.0 Å². The summed E-state index contributed by atoms with van der Waals surface area (Å²) in [6, 6.07) is 3.73. The van der Waals surface area contributed by atoms with E-state index in [2.05, 4.69) is 4.18 Å². The van der Waals surface area contributed by atoms with Crippen molar-refractivity contribution in [3.63, 3.8) is 0 Å². The van der Waals surface area contributed by atoms with Crippen molar-refractivity contribution in [3.8, 4) is 0 Å². The van der Waals surface area contributed by atoms with Crippen LogP contribution in [0.15, 0.2) is 33.5 Å². The minimum atomic E-state index is -4.87. The van der Waals surface area contributed by atoms with Crippen LogP contribution in [0.5, 0.6) is 0 Å². The van der Waals surface area contributed by atoms with E-state index in [-0.39, 0.29) is 11.1 Å². The second-order valence-corrected chi connectivity index (χ2v) is 7.20. The lowest BCUT2D eigenvalue weighted by Gasteiger charge is -2.26. The SMILES string of the molecule is Cc1cc(=O)oc2cc(C(=O)[C@H](N)[C@@H](O)[C@H](O)[C@H](O)COS(=O)(=O)O)ccc12. The summed E-state index contributed by atoms with van der Waals surface area (Å²) >= 11 is 0. The smallest absolute Gasteiger partial charge is 0.397 e. The third-order valence-electron chi connectivity index (χ3n) is 4.04. The Balaban J connectivity index is 2.18. The van der Waals surface area contributed by atoms with E-state index < -0.39 is 52.8 Å². The van der Waals surface area contributed by atoms with Gasteiger partial charge in [-0.25, -0.2) is 8.98 Å². The van der Waals surface area contributed by atoms with Crippen molar-refractivity contribution in [2.45, 2.75) is 31.3 Å². The van der Waals surface area contributed by atoms with Crippen LogP contribution in [0.1, 0.15) is 15.9 Å². The predicted octanol–water partition coefficient (Wildman–Crippen LogP) is -1.49. The number of aliphatic hydroxyl groups excluding tert-OH is 3. The molecule has 0 spiro atoms. The van der Waals surface area contributed by atoms with E-state index in [0.29, 0.717) is 10.9 Å². The van der Waals surface area contributed by atoms with Gasteiger partial charge in [0, 0.05) is 17.0 Å². The van der Waals surface area contributed by atoms with Gasteiger partial charge in [0.2, 0.25) is 0 Å². The molecule has 0 saturated carbocycles. The molecule has 0 amide bonds. The molecule has 1 heterocycles. The fourth-order valence-electron chi connectivity index (χ4n) is 2.52. The number of Topliss-reactive ketones (excluding diaryl/α,β-unsaturated/α-hetero) is 1. The maximum Gasteiger partial charge on any atom is 0.397 e. The molecule has 6 N–H and O–H groups in total. The summed E-state index contributed by atoms with van der Waals surface area (Å²) < 4.78 is 38.3. The lowest BCUT2D eigenvalue weighted by molar-refractivity contribution is -0.0767. The molecule has 0 saturated heterocycles. The molecule has 4 atom stereocenters. The number of carbonyl (C=O) groups is 1. The third kappa shape index (κ3) is 5.20. The molecule has 2 rings (SSSR count). The molecule has 28 heavy (non-hydrogen) atoms. The van der Waals surface area contributed by atoms with Crippen LogP contribution in [0.3, 0.4) is 0 Å². The van der Waals surface area contributed by atoms with Crippen LogP contribution in [0.25, 0.3) is 11.0 Å². The Bertz CT molecular complexity index is 1030. The molecule has 0 aliphatic carbocycles. The lowest BCUT2D eigenvalue weighted by Crippen LogP contribution is -2.53. The van der Waals surface area contributed by atoms with Gasteiger partial charge in [-0.05, 0) is 18.6 Å². The van der Waals surface area contributed by atoms with Gasteiger partial charge in [0.15, 0.2) is 5.78 Å². The topological polar surface area (TPSA) is 198 Å². The van der Waals surface area contributed by atoms with E-state index in [4.69, 9.17) is 14.7 Å². The zero-order valence-corrected chi connectivity index (χ0v) is 15.4. The van der Waals surface area contributed by atoms with Crippen molar-refractivity contribution >= 4 is 27.2 Å². The summed E-state index contributed by atoms with van der Waals surface area (Å²) in [6.45, 7) is 0.612. The largest absolute Gasteiger partial charge is 0.423 e. The van der Waals surface area contributed by atoms with Gasteiger partial charge in [-0.2, -0.15) is 8.42 Å². The molecule has 0 radical (unpaired) electrons. The Morgan fingerprint density at radius 1 is 1.21 bits per heavy atom. The van der Waals surface area contributed by atoms with E-state index in [9.17, 15) is 33.3 Å². The maximum absolute atomic E-state index is 12.5. The van der Waals surface area contributed by atoms with Crippen molar-refractivity contribution in [2.75, 3.05) is 6.61 Å². The van der Waals surface area contributed by atoms with Crippen LogP contribution < -0.4 is 11.4 Å². The number of carbonyl (C=O) groups excluding carboxylic acids is 1. The Morgan fingerprint density at radius 2 is 1.86 bits per heavy atom. The molecule has 2 aromatic rings. The Hall–Kier alpha value is -2.19. The van der Waals surface area contributed by atoms with E-state index in [1.165, 1.54) is 24.3 Å². The zero-order chi connectivity index (χ0) is 21.2. The van der Waals surface area contributed by atoms with E-state index >= 15 is 0 Å². The van der Waals surface area contributed by atoms with Gasteiger partial charge in [-0.1, -0.05) is 12.1 Å². The second-order valence-electron chi connectivity index (χ2n) is 6.11. The molecule has 0 fully saturated rings. The van der Waals surface area contributed by atoms with Crippen molar-refractivity contribution in [1.82, 2.24) is 0 Å². The Labute approximate surface area is 158 Å². The molecule has 11 nitrogen and oxygen atoms in total. The molecule has 154 valence electrons. The average molecular weight is 417 g/mol. The number of rotatable bonds is 8. The maximum atomic E-state index is 12.5. The van der Waals surface area contributed by atoms with Crippen LogP contribution in [0.4, 0.5) is 0 Å². The first-order valence-electron chi connectivity index (χ1n) is 7.91. The number of aryl methyl sites for hydroxylation is 1. The van der Waals surface area contributed by atoms with Gasteiger partial charge >= 0.3 is 16.0 Å². The monoisotopic (exact) mass is 417 g/mol. The van der Waals surface area contributed by atoms with Crippen LogP contribution in [0.2, 0.25) is 0 Å². The van der Waals surface area contributed by atoms with Crippen LogP contribution in [-0.2, 0) is 14.6 Å². The third-order valence-corrected chi connectivity index (χ3v) is 4.47. The van der Waals surface area contributed by atoms with E-state index in [1.54, 1.807) is 6.92 Å². The van der Waals surface area contributed by atoms with Crippen molar-refractivity contribution in [1.29, 1.82) is 0 Å². The number of ketones is 1. The van der Waals surface area contributed by atoms with Crippen LogP contribution in [0, 0.1) is 6.92 Å². The first kappa shape index (κ1) is 22.1. The van der Waals surface area contributed by atoms with E-state index in [1.807, 2.05) is 0 Å². The highest BCUT2D eigenvalue weighted by atomic mass is 32.3. The highest BCUT2D eigenvalue weighted by Crippen LogP contribution is 2.19. The number of fused-ring (bicyclic) bond motifs is 1. The summed E-state index contributed by atoms with van der Waals surface area (Å²) in [5, 5.41) is 30.1. The first-order valence-corrected chi connectivity index (χ1v) is 9.27. The van der Waals surface area contributed by atoms with Gasteiger partial charge in [0.05, 0.1) is 12.6 Å². The fourth-order valence-corrected chi connectivity index (χ4v) is 2.83. The molecule has 12 heteroatoms. The van der Waals surface area contributed by atoms with Crippen molar-refractivity contribution in [2.24, 2.45) is 5.73 Å². The van der Waals surface area contributed by atoms with Crippen molar-refractivity contribution < 1.29 is 41.7 Å². The standard InChI is InChI=1S/C16H19NO10S/c1-7-4-12(19)27-11-5-8(2-3-9(7)11)14(20)13(17)16(22)15(21)10(18)6-26-28(23,24)25/h2-5,10,13,15-16,18,21-22H,6,17H2,1H3,(H,23,24,25)/t10-,13+,15-,16-/m1/s1. The zero-order valence-electron chi connectivity index (χ0n) is 14.5. The van der Waals surface area contributed by atoms with Crippen molar-refractivity contribution in [3.05, 3.63) is 45.8 Å². The molecular weight excluding hydrogens is 398 g/mol. The first-order chi connectivity index (χ1) is 12.9. The summed E-state index contributed by atoms with van der Waals surface area (Å²) in [5.41, 5.74) is 5.76. The summed E-state index contributed by atoms with van der Waals surface area (Å²) in [4.78, 5) is 24.0. The summed E-state index contributed by atoms with van der Waals surface area (Å²) in [6.07, 6.45) is -6.01. The molecular formula is C16H19NO10S. The number of aliphatic hydroxyl groups is 3. The summed E-state index contributed by atoms with van der Waals surface area (Å²) in [5.74, 6) is -0.833. The number of nitrogens with two attached hydrogens (primary N) is 1. The molecule has 1 aromatic carbocycles. The van der Waals surface area contributed by atoms with Gasteiger partial charge in [-0.3, -0.25) is 9.35 Å². The normalized spacial score (nSPS) is 16.5. The minimum Gasteiger partial charge on any atom is -0.423 e. The second kappa shape index (κ2) is 8.45. The molecule has 0 bridgehead atoms. The lowest BCUT2D eigenvalue weighted by atomic mass is 9.94. The average Bonchev–Trinajstić information content (AvgIpc) is 2.62. The van der Waals surface area contributed by atoms with Gasteiger partial charge in [-0.15, -0.1) is 0 Å². The minimum absolute atomic E-state index is 0.0244. The number of benzene rings is 1. The fraction of sp³-hybridized carbons (Fsp3) is 0.375. The molecule has 0 unspecified atom stereocenters. The molecule has 0 aliphatic heterocycles. The predicted molar refractivity (Wildman–Crippen MR) is 95.0 cm³/mol. The Kier molecular flexibility index (Phi) is 6.67. The Morgan fingerprint density at radius 3 is 2.46 bits per heavy atom. The quantitative estimate of drug-likeness (QED) is 0.190. The number of hydrogen-bond acceptors (Lipinski definition) is 10.